The van der Waals surface area contributed by atoms with Crippen molar-refractivity contribution in [1.82, 2.24) is 9.38 Å². The van der Waals surface area contributed by atoms with Crippen molar-refractivity contribution >= 4 is 17.4 Å². The number of rotatable bonds is 9. The minimum Gasteiger partial charge on any atom is -0.494 e. The fraction of sp³-hybridized carbons (Fsp3) is 0.355. The number of carbonyl (C=O) groups excluding carboxylic acids is 1. The van der Waals surface area contributed by atoms with Crippen molar-refractivity contribution in [2.45, 2.75) is 64.8 Å². The van der Waals surface area contributed by atoms with Crippen LogP contribution >= 0.6 is 0 Å². The Morgan fingerprint density at radius 2 is 1.84 bits per heavy atom. The minimum absolute atomic E-state index is 0.404. The quantitative estimate of drug-likeness (QED) is 0.148. The van der Waals surface area contributed by atoms with E-state index in [9.17, 15) is 4.79 Å². The summed E-state index contributed by atoms with van der Waals surface area (Å²) in [6.07, 6.45) is 10.2. The molecule has 1 N–H and O–H groups in total. The number of hydrogen-bond acceptors (Lipinski definition) is 5. The van der Waals surface area contributed by atoms with Crippen molar-refractivity contribution in [3.63, 3.8) is 0 Å². The lowest BCUT2D eigenvalue weighted by molar-refractivity contribution is 0.0735. The molecule has 1 aliphatic rings. The van der Waals surface area contributed by atoms with Crippen LogP contribution in [-0.4, -0.2) is 28.0 Å². The number of imidazole rings is 1. The highest BCUT2D eigenvalue weighted by Crippen LogP contribution is 2.37. The summed E-state index contributed by atoms with van der Waals surface area (Å²) in [4.78, 5) is 18.1. The van der Waals surface area contributed by atoms with Crippen molar-refractivity contribution in [3.05, 3.63) is 78.0 Å². The Labute approximate surface area is 218 Å². The Hall–Kier alpha value is -3.80. The van der Waals surface area contributed by atoms with E-state index in [0.29, 0.717) is 24.0 Å². The number of fused-ring (bicyclic) bond motifs is 1. The van der Waals surface area contributed by atoms with Crippen molar-refractivity contribution in [1.29, 1.82) is 0 Å². The summed E-state index contributed by atoms with van der Waals surface area (Å²) in [7, 11) is 0. The number of hydrogen-bond donors (Lipinski definition) is 1. The van der Waals surface area contributed by atoms with E-state index in [1.54, 1.807) is 12.1 Å². The molecule has 1 saturated carbocycles. The number of unbranched alkanes of at least 4 members (excludes halogenated alkanes) is 1. The number of para-hydroxylation sites is 1. The molecule has 0 radical (unpaired) electrons. The topological polar surface area (TPSA) is 64.9 Å². The number of anilines is 1. The molecule has 6 heteroatoms. The van der Waals surface area contributed by atoms with Crippen LogP contribution in [0, 0.1) is 6.92 Å². The Morgan fingerprint density at radius 3 is 2.62 bits per heavy atom. The molecule has 0 bridgehead atoms. The maximum Gasteiger partial charge on any atom is 0.343 e. The lowest BCUT2D eigenvalue weighted by Gasteiger charge is -2.24. The number of carbonyl (C=O) groups is 1. The lowest BCUT2D eigenvalue weighted by Crippen LogP contribution is -2.23. The maximum absolute atomic E-state index is 13.1. The van der Waals surface area contributed by atoms with Crippen LogP contribution in [0.25, 0.3) is 16.9 Å². The summed E-state index contributed by atoms with van der Waals surface area (Å²) in [5.74, 6) is 1.78. The van der Waals surface area contributed by atoms with Gasteiger partial charge in [-0.05, 0) is 80.3 Å². The molecule has 0 aliphatic heterocycles. The molecular weight excluding hydrogens is 462 g/mol. The Morgan fingerprint density at radius 1 is 1.05 bits per heavy atom. The van der Waals surface area contributed by atoms with Crippen LogP contribution in [0.1, 0.15) is 67.8 Å². The zero-order valence-corrected chi connectivity index (χ0v) is 21.7. The van der Waals surface area contributed by atoms with Gasteiger partial charge in [-0.2, -0.15) is 0 Å². The van der Waals surface area contributed by atoms with Crippen LogP contribution < -0.4 is 14.8 Å². The zero-order chi connectivity index (χ0) is 25.6. The molecule has 6 nitrogen and oxygen atoms in total. The number of esters is 1. The SMILES string of the molecule is CCCCOc1ccc(C(=O)Oc2ccccc2-c2nc3cc(C)ccn3c2NC2CCCCC2)cc1. The molecule has 2 aromatic carbocycles. The van der Waals surface area contributed by atoms with Gasteiger partial charge in [0.1, 0.15) is 28.7 Å². The summed E-state index contributed by atoms with van der Waals surface area (Å²) in [5.41, 5.74) is 4.07. The minimum atomic E-state index is -0.408. The summed E-state index contributed by atoms with van der Waals surface area (Å²) in [6.45, 7) is 4.87. The van der Waals surface area contributed by atoms with Gasteiger partial charge < -0.3 is 14.8 Å². The fourth-order valence-electron chi connectivity index (χ4n) is 4.84. The monoisotopic (exact) mass is 497 g/mol. The number of nitrogens with zero attached hydrogens (tertiary/aromatic N) is 2. The van der Waals surface area contributed by atoms with Crippen LogP contribution in [-0.2, 0) is 0 Å². The molecule has 4 aromatic rings. The molecule has 5 rings (SSSR count). The number of ether oxygens (including phenoxy) is 2. The third-order valence-corrected chi connectivity index (χ3v) is 6.93. The van der Waals surface area contributed by atoms with Gasteiger partial charge in [-0.1, -0.05) is 44.7 Å². The first-order valence-corrected chi connectivity index (χ1v) is 13.4. The molecule has 37 heavy (non-hydrogen) atoms. The average Bonchev–Trinajstić information content (AvgIpc) is 3.27. The highest BCUT2D eigenvalue weighted by Gasteiger charge is 2.22. The second-order valence-corrected chi connectivity index (χ2v) is 9.83. The van der Waals surface area contributed by atoms with Gasteiger partial charge in [-0.15, -0.1) is 0 Å². The van der Waals surface area contributed by atoms with E-state index in [1.807, 2.05) is 36.4 Å². The molecule has 2 heterocycles. The molecule has 0 atom stereocenters. The normalized spacial score (nSPS) is 14.0. The van der Waals surface area contributed by atoms with Gasteiger partial charge >= 0.3 is 5.97 Å². The predicted molar refractivity (Wildman–Crippen MR) is 148 cm³/mol. The third kappa shape index (κ3) is 5.79. The summed E-state index contributed by atoms with van der Waals surface area (Å²) in [5, 5.41) is 3.78. The van der Waals surface area contributed by atoms with Crippen LogP contribution in [0.2, 0.25) is 0 Å². The van der Waals surface area contributed by atoms with Crippen LogP contribution in [0.3, 0.4) is 0 Å². The number of pyridine rings is 1. The van der Waals surface area contributed by atoms with E-state index in [4.69, 9.17) is 14.5 Å². The molecular formula is C31H35N3O3. The Balaban J connectivity index is 1.44. The zero-order valence-electron chi connectivity index (χ0n) is 21.7. The second-order valence-electron chi connectivity index (χ2n) is 9.83. The van der Waals surface area contributed by atoms with Crippen LogP contribution in [0.15, 0.2) is 66.9 Å². The van der Waals surface area contributed by atoms with E-state index in [-0.39, 0.29) is 0 Å². The van der Waals surface area contributed by atoms with E-state index in [1.165, 1.54) is 19.3 Å². The Kier molecular flexibility index (Phi) is 7.73. The molecule has 0 saturated heterocycles. The predicted octanol–water partition coefficient (Wildman–Crippen LogP) is 7.45. The van der Waals surface area contributed by atoms with Crippen LogP contribution in [0.5, 0.6) is 11.5 Å². The highest BCUT2D eigenvalue weighted by atomic mass is 16.5. The molecule has 192 valence electrons. The molecule has 0 spiro atoms. The van der Waals surface area contributed by atoms with Gasteiger partial charge in [0.15, 0.2) is 0 Å². The first-order chi connectivity index (χ1) is 18.1. The standard InChI is InChI=1S/C31H35N3O3/c1-3-4-20-36-25-16-14-23(15-17-25)31(35)37-27-13-9-8-12-26(27)29-30(32-24-10-6-5-7-11-24)34-19-18-22(2)21-28(34)33-29/h8-9,12-19,21,24,32H,3-7,10-11,20H2,1-2H3. The number of aromatic nitrogens is 2. The van der Waals surface area contributed by atoms with E-state index >= 15 is 0 Å². The molecule has 1 fully saturated rings. The lowest BCUT2D eigenvalue weighted by atomic mass is 9.95. The van der Waals surface area contributed by atoms with Crippen molar-refractivity contribution in [2.75, 3.05) is 11.9 Å². The van der Waals surface area contributed by atoms with Gasteiger partial charge in [-0.3, -0.25) is 4.40 Å². The van der Waals surface area contributed by atoms with Crippen molar-refractivity contribution < 1.29 is 14.3 Å². The van der Waals surface area contributed by atoms with E-state index < -0.39 is 5.97 Å². The van der Waals surface area contributed by atoms with E-state index in [0.717, 1.165) is 59.7 Å². The first-order valence-electron chi connectivity index (χ1n) is 13.4. The Bertz CT molecular complexity index is 1350. The molecule has 0 unspecified atom stereocenters. The van der Waals surface area contributed by atoms with E-state index in [2.05, 4.69) is 41.9 Å². The summed E-state index contributed by atoms with van der Waals surface area (Å²) in [6, 6.07) is 19.3. The molecule has 2 aromatic heterocycles. The highest BCUT2D eigenvalue weighted by molar-refractivity contribution is 5.93. The smallest absolute Gasteiger partial charge is 0.343 e. The first kappa shape index (κ1) is 24.9. The van der Waals surface area contributed by atoms with Gasteiger partial charge in [0.05, 0.1) is 12.2 Å². The fourth-order valence-corrected chi connectivity index (χ4v) is 4.84. The van der Waals surface area contributed by atoms with Gasteiger partial charge in [-0.25, -0.2) is 9.78 Å². The largest absolute Gasteiger partial charge is 0.494 e. The number of benzene rings is 2. The van der Waals surface area contributed by atoms with Crippen molar-refractivity contribution in [3.8, 4) is 22.8 Å². The second kappa shape index (κ2) is 11.5. The van der Waals surface area contributed by atoms with Gasteiger partial charge in [0.2, 0.25) is 0 Å². The van der Waals surface area contributed by atoms with Gasteiger partial charge in [0.25, 0.3) is 0 Å². The molecule has 1 aliphatic carbocycles. The number of aryl methyl sites for hydroxylation is 1. The summed E-state index contributed by atoms with van der Waals surface area (Å²) < 4.78 is 13.8. The van der Waals surface area contributed by atoms with Crippen LogP contribution in [0.4, 0.5) is 5.82 Å². The maximum atomic E-state index is 13.1. The van der Waals surface area contributed by atoms with Crippen molar-refractivity contribution in [2.24, 2.45) is 0 Å². The van der Waals surface area contributed by atoms with Gasteiger partial charge in [0, 0.05) is 17.8 Å². The molecule has 0 amide bonds. The number of nitrogens with one attached hydrogen (secondary N) is 1. The third-order valence-electron chi connectivity index (χ3n) is 6.93. The summed E-state index contributed by atoms with van der Waals surface area (Å²) >= 11 is 0. The average molecular weight is 498 g/mol.